The van der Waals surface area contributed by atoms with Crippen molar-refractivity contribution in [3.8, 4) is 0 Å². The van der Waals surface area contributed by atoms with Crippen molar-refractivity contribution in [2.45, 2.75) is 25.7 Å². The molecule has 6 heteroatoms. The molecule has 14 heavy (non-hydrogen) atoms. The van der Waals surface area contributed by atoms with Crippen LogP contribution >= 0.6 is 49.6 Å². The fourth-order valence-electron chi connectivity index (χ4n) is 0.707. The van der Waals surface area contributed by atoms with Crippen molar-refractivity contribution in [2.24, 2.45) is 23.3 Å². The molecule has 2 aliphatic carbocycles. The second-order valence-corrected chi connectivity index (χ2v) is 3.36. The Morgan fingerprint density at radius 3 is 0.857 bits per heavy atom. The molecule has 2 aliphatic rings. The van der Waals surface area contributed by atoms with Crippen LogP contribution in [0.25, 0.3) is 0 Å². The molecule has 0 atom stereocenters. The summed E-state index contributed by atoms with van der Waals surface area (Å²) >= 11 is 0. The fraction of sp³-hybridized carbons (Fsp3) is 1.00. The summed E-state index contributed by atoms with van der Waals surface area (Å²) < 4.78 is 0. The van der Waals surface area contributed by atoms with E-state index in [4.69, 9.17) is 11.5 Å². The molecular formula is C8H22Cl4N2. The summed E-state index contributed by atoms with van der Waals surface area (Å²) in [6.07, 6.45) is 5.54. The Balaban J connectivity index is -0.0000000556. The van der Waals surface area contributed by atoms with Crippen LogP contribution in [0.3, 0.4) is 0 Å². The summed E-state index contributed by atoms with van der Waals surface area (Å²) in [5.74, 6) is 1.82. The van der Waals surface area contributed by atoms with E-state index in [-0.39, 0.29) is 49.6 Å². The zero-order valence-electron chi connectivity index (χ0n) is 8.19. The van der Waals surface area contributed by atoms with Gasteiger partial charge in [-0.15, -0.1) is 49.6 Å². The number of hydrogen-bond donors (Lipinski definition) is 2. The van der Waals surface area contributed by atoms with Crippen LogP contribution in [0.5, 0.6) is 0 Å². The van der Waals surface area contributed by atoms with E-state index in [1.807, 2.05) is 0 Å². The predicted octanol–water partition coefficient (Wildman–Crippen LogP) is 2.40. The quantitative estimate of drug-likeness (QED) is 0.819. The second-order valence-electron chi connectivity index (χ2n) is 3.36. The second kappa shape index (κ2) is 14.1. The van der Waals surface area contributed by atoms with E-state index in [0.29, 0.717) is 0 Å². The molecule has 4 N–H and O–H groups in total. The van der Waals surface area contributed by atoms with E-state index in [0.717, 1.165) is 24.9 Å². The third kappa shape index (κ3) is 15.5. The van der Waals surface area contributed by atoms with Crippen LogP contribution in [0, 0.1) is 11.8 Å². The van der Waals surface area contributed by atoms with Crippen LogP contribution in [0.1, 0.15) is 25.7 Å². The highest BCUT2D eigenvalue weighted by molar-refractivity contribution is 5.86. The first kappa shape index (κ1) is 24.4. The summed E-state index contributed by atoms with van der Waals surface area (Å²) in [7, 11) is 0. The lowest BCUT2D eigenvalue weighted by Gasteiger charge is -1.74. The average molecular weight is 288 g/mol. The Labute approximate surface area is 112 Å². The monoisotopic (exact) mass is 286 g/mol. The molecule has 0 spiro atoms. The number of nitrogens with two attached hydrogens (primary N) is 2. The van der Waals surface area contributed by atoms with Gasteiger partial charge in [-0.2, -0.15) is 0 Å². The standard InChI is InChI=1S/2C4H9N.4ClH/c2*5-3-4-1-2-4;;;;/h2*4H,1-3,5H2;4*1H. The van der Waals surface area contributed by atoms with Gasteiger partial charge in [-0.05, 0) is 50.6 Å². The van der Waals surface area contributed by atoms with E-state index in [1.54, 1.807) is 0 Å². The Kier molecular flexibility index (Phi) is 24.5. The van der Waals surface area contributed by atoms with E-state index >= 15 is 0 Å². The van der Waals surface area contributed by atoms with Crippen molar-refractivity contribution in [1.82, 2.24) is 0 Å². The maximum Gasteiger partial charge on any atom is -0.00489 e. The Morgan fingerprint density at radius 2 is 0.857 bits per heavy atom. The van der Waals surface area contributed by atoms with Gasteiger partial charge in [0.25, 0.3) is 0 Å². The lowest BCUT2D eigenvalue weighted by Crippen LogP contribution is -1.98. The van der Waals surface area contributed by atoms with Gasteiger partial charge in [-0.1, -0.05) is 0 Å². The Bertz CT molecular complexity index is 85.3. The maximum absolute atomic E-state index is 5.23. The maximum atomic E-state index is 5.23. The van der Waals surface area contributed by atoms with Crippen molar-refractivity contribution in [3.63, 3.8) is 0 Å². The van der Waals surface area contributed by atoms with Crippen molar-refractivity contribution in [2.75, 3.05) is 13.1 Å². The van der Waals surface area contributed by atoms with Crippen LogP contribution in [-0.4, -0.2) is 13.1 Å². The first-order chi connectivity index (χ1) is 4.86. The average Bonchev–Trinajstić information content (AvgIpc) is 2.86. The first-order valence-corrected chi connectivity index (χ1v) is 4.27. The van der Waals surface area contributed by atoms with Gasteiger partial charge in [0, 0.05) is 0 Å². The highest BCUT2D eigenvalue weighted by atomic mass is 35.5. The molecule has 0 bridgehead atoms. The molecule has 0 radical (unpaired) electrons. The molecule has 0 amide bonds. The molecule has 2 rings (SSSR count). The summed E-state index contributed by atoms with van der Waals surface area (Å²) in [4.78, 5) is 0. The SMILES string of the molecule is Cl.Cl.Cl.Cl.NCC1CC1.NCC1CC1. The minimum Gasteiger partial charge on any atom is -0.330 e. The molecule has 92 valence electrons. The molecule has 0 saturated heterocycles. The topological polar surface area (TPSA) is 52.0 Å². The minimum atomic E-state index is 0. The highest BCUT2D eigenvalue weighted by Gasteiger charge is 2.18. The number of halogens is 4. The van der Waals surface area contributed by atoms with Gasteiger partial charge in [0.15, 0.2) is 0 Å². The summed E-state index contributed by atoms with van der Waals surface area (Å²) in [5, 5.41) is 0. The van der Waals surface area contributed by atoms with Crippen molar-refractivity contribution in [3.05, 3.63) is 0 Å². The molecule has 2 fully saturated rings. The zero-order chi connectivity index (χ0) is 7.40. The van der Waals surface area contributed by atoms with Gasteiger partial charge in [-0.3, -0.25) is 0 Å². The molecule has 2 nitrogen and oxygen atoms in total. The summed E-state index contributed by atoms with van der Waals surface area (Å²) in [5.41, 5.74) is 10.5. The summed E-state index contributed by atoms with van der Waals surface area (Å²) in [6.45, 7) is 1.83. The lowest BCUT2D eigenvalue weighted by atomic mass is 10.4. The van der Waals surface area contributed by atoms with Gasteiger partial charge < -0.3 is 11.5 Å². The van der Waals surface area contributed by atoms with Crippen molar-refractivity contribution < 1.29 is 0 Å². The van der Waals surface area contributed by atoms with Crippen LogP contribution in [0.15, 0.2) is 0 Å². The Hall–Kier alpha value is 1.08. The highest BCUT2D eigenvalue weighted by Crippen LogP contribution is 2.26. The van der Waals surface area contributed by atoms with Crippen molar-refractivity contribution in [1.29, 1.82) is 0 Å². The van der Waals surface area contributed by atoms with Crippen LogP contribution in [0.2, 0.25) is 0 Å². The van der Waals surface area contributed by atoms with E-state index in [1.165, 1.54) is 25.7 Å². The molecule has 2 saturated carbocycles. The molecule has 0 aromatic carbocycles. The summed E-state index contributed by atoms with van der Waals surface area (Å²) in [6, 6.07) is 0. The molecular weight excluding hydrogens is 266 g/mol. The van der Waals surface area contributed by atoms with Gasteiger partial charge in [-0.25, -0.2) is 0 Å². The largest absolute Gasteiger partial charge is 0.330 e. The third-order valence-corrected chi connectivity index (χ3v) is 2.06. The molecule has 0 aromatic rings. The lowest BCUT2D eigenvalue weighted by molar-refractivity contribution is 0.847. The fourth-order valence-corrected chi connectivity index (χ4v) is 0.707. The van der Waals surface area contributed by atoms with E-state index in [9.17, 15) is 0 Å². The smallest absolute Gasteiger partial charge is 0.00489 e. The first-order valence-electron chi connectivity index (χ1n) is 4.27. The van der Waals surface area contributed by atoms with E-state index in [2.05, 4.69) is 0 Å². The normalized spacial score (nSPS) is 16.7. The van der Waals surface area contributed by atoms with Crippen LogP contribution < -0.4 is 11.5 Å². The number of rotatable bonds is 2. The van der Waals surface area contributed by atoms with Gasteiger partial charge in [0.1, 0.15) is 0 Å². The van der Waals surface area contributed by atoms with Crippen LogP contribution in [0.4, 0.5) is 0 Å². The molecule has 0 unspecified atom stereocenters. The Morgan fingerprint density at radius 1 is 0.643 bits per heavy atom. The van der Waals surface area contributed by atoms with Gasteiger partial charge in [0.2, 0.25) is 0 Å². The predicted molar refractivity (Wildman–Crippen MR) is 72.5 cm³/mol. The zero-order valence-corrected chi connectivity index (χ0v) is 11.5. The van der Waals surface area contributed by atoms with Gasteiger partial charge in [0.05, 0.1) is 0 Å². The molecule has 0 aliphatic heterocycles. The van der Waals surface area contributed by atoms with E-state index < -0.39 is 0 Å². The third-order valence-electron chi connectivity index (χ3n) is 2.06. The van der Waals surface area contributed by atoms with Crippen molar-refractivity contribution >= 4 is 49.6 Å². The van der Waals surface area contributed by atoms with Crippen LogP contribution in [-0.2, 0) is 0 Å². The minimum absolute atomic E-state index is 0. The molecule has 0 aromatic heterocycles. The molecule has 0 heterocycles. The van der Waals surface area contributed by atoms with Gasteiger partial charge >= 0.3 is 0 Å². The number of hydrogen-bond acceptors (Lipinski definition) is 2.